The number of aromatic nitrogens is 3. The molecule has 4 aromatic rings. The summed E-state index contributed by atoms with van der Waals surface area (Å²) in [6.07, 6.45) is 3.91. The molecule has 0 unspecified atom stereocenters. The van der Waals surface area contributed by atoms with Crippen LogP contribution >= 0.6 is 23.2 Å². The fraction of sp³-hybridized carbons (Fsp3) is 0.0800. The monoisotopic (exact) mass is 571 g/mol. The number of esters is 1. The molecule has 0 aliphatic carbocycles. The summed E-state index contributed by atoms with van der Waals surface area (Å²) in [7, 11) is -4.15. The molecule has 38 heavy (non-hydrogen) atoms. The lowest BCUT2D eigenvalue weighted by Crippen LogP contribution is -2.17. The van der Waals surface area contributed by atoms with Crippen molar-refractivity contribution in [2.24, 2.45) is 0 Å². The number of halogens is 2. The van der Waals surface area contributed by atoms with Crippen LogP contribution < -0.4 is 10.0 Å². The van der Waals surface area contributed by atoms with Crippen LogP contribution in [0.25, 0.3) is 11.3 Å². The van der Waals surface area contributed by atoms with Crippen molar-refractivity contribution in [2.45, 2.75) is 11.8 Å². The average Bonchev–Trinajstić information content (AvgIpc) is 2.90. The van der Waals surface area contributed by atoms with E-state index in [1.807, 2.05) is 6.07 Å². The highest BCUT2D eigenvalue weighted by Crippen LogP contribution is 2.30. The predicted molar refractivity (Wildman–Crippen MR) is 143 cm³/mol. The topological polar surface area (TPSA) is 140 Å². The molecule has 0 saturated carbocycles. The summed E-state index contributed by atoms with van der Waals surface area (Å²) < 4.78 is 32.6. The van der Waals surface area contributed by atoms with Gasteiger partial charge in [0.1, 0.15) is 0 Å². The maximum absolute atomic E-state index is 12.9. The molecule has 2 heterocycles. The molecule has 10 nitrogen and oxygen atoms in total. The Balaban J connectivity index is 1.49. The Bertz CT molecular complexity index is 1600. The van der Waals surface area contributed by atoms with Crippen molar-refractivity contribution in [3.8, 4) is 11.3 Å². The van der Waals surface area contributed by atoms with E-state index in [9.17, 15) is 18.0 Å². The van der Waals surface area contributed by atoms with Crippen molar-refractivity contribution in [1.82, 2.24) is 15.0 Å². The third kappa shape index (κ3) is 6.25. The first-order chi connectivity index (χ1) is 18.2. The molecular weight excluding hydrogens is 553 g/mol. The third-order valence-electron chi connectivity index (χ3n) is 5.05. The van der Waals surface area contributed by atoms with Crippen molar-refractivity contribution in [3.05, 3.63) is 94.4 Å². The molecule has 0 aliphatic heterocycles. The molecule has 4 rings (SSSR count). The summed E-state index contributed by atoms with van der Waals surface area (Å²) >= 11 is 12.6. The van der Waals surface area contributed by atoms with Gasteiger partial charge in [0.25, 0.3) is 15.9 Å². The zero-order valence-corrected chi connectivity index (χ0v) is 22.0. The zero-order chi connectivity index (χ0) is 27.3. The average molecular weight is 572 g/mol. The standard InChI is InChI=1S/C25H19Cl2N5O5S/c1-2-37-24(34)15-13-29-25(30-14-15)32-38(35,36)17-7-8-18(21(27)12-17)23(33)31-16-6-9-20(26)19(11-16)22-5-3-4-10-28-22/h3-14H,2H2,1H3,(H,31,33)(H,29,30,32). The summed E-state index contributed by atoms with van der Waals surface area (Å²) in [5.41, 5.74) is 1.82. The van der Waals surface area contributed by atoms with Gasteiger partial charge < -0.3 is 10.1 Å². The molecule has 2 aromatic heterocycles. The fourth-order valence-corrected chi connectivity index (χ4v) is 4.78. The number of nitrogens with zero attached hydrogens (tertiary/aromatic N) is 3. The van der Waals surface area contributed by atoms with Crippen LogP contribution in [0.2, 0.25) is 10.0 Å². The predicted octanol–water partition coefficient (Wildman–Crippen LogP) is 5.08. The number of hydrogen-bond acceptors (Lipinski definition) is 8. The Kier molecular flexibility index (Phi) is 8.20. The highest BCUT2D eigenvalue weighted by atomic mass is 35.5. The summed E-state index contributed by atoms with van der Waals surface area (Å²) in [4.78, 5) is 36.3. The van der Waals surface area contributed by atoms with Gasteiger partial charge in [0.15, 0.2) is 0 Å². The van der Waals surface area contributed by atoms with Crippen LogP contribution in [-0.4, -0.2) is 41.9 Å². The highest BCUT2D eigenvalue weighted by molar-refractivity contribution is 7.92. The Morgan fingerprint density at radius 2 is 1.71 bits per heavy atom. The second-order valence-electron chi connectivity index (χ2n) is 7.63. The third-order valence-corrected chi connectivity index (χ3v) is 7.02. The molecule has 0 spiro atoms. The molecule has 0 fully saturated rings. The number of carbonyl (C=O) groups is 2. The number of sulfonamides is 1. The molecule has 2 aromatic carbocycles. The van der Waals surface area contributed by atoms with Gasteiger partial charge in [-0.15, -0.1) is 0 Å². The van der Waals surface area contributed by atoms with Gasteiger partial charge in [-0.3, -0.25) is 9.78 Å². The van der Waals surface area contributed by atoms with E-state index in [1.165, 1.54) is 12.1 Å². The van der Waals surface area contributed by atoms with Crippen molar-refractivity contribution in [2.75, 3.05) is 16.6 Å². The number of carbonyl (C=O) groups excluding carboxylic acids is 2. The minimum atomic E-state index is -4.15. The van der Waals surface area contributed by atoms with Crippen LogP contribution in [0.1, 0.15) is 27.6 Å². The molecule has 194 valence electrons. The summed E-state index contributed by atoms with van der Waals surface area (Å²) in [5.74, 6) is -1.45. The Hall–Kier alpha value is -4.06. The quantitative estimate of drug-likeness (QED) is 0.279. The lowest BCUT2D eigenvalue weighted by Gasteiger charge is -2.11. The molecule has 0 saturated heterocycles. The Morgan fingerprint density at radius 1 is 0.947 bits per heavy atom. The van der Waals surface area contributed by atoms with Gasteiger partial charge in [-0.1, -0.05) is 29.3 Å². The molecule has 0 bridgehead atoms. The van der Waals surface area contributed by atoms with Crippen molar-refractivity contribution >= 4 is 56.7 Å². The SMILES string of the molecule is CCOC(=O)c1cnc(NS(=O)(=O)c2ccc(C(=O)Nc3ccc(Cl)c(-c4ccccn4)c3)c(Cl)c2)nc1. The van der Waals surface area contributed by atoms with Crippen LogP contribution in [0.4, 0.5) is 11.6 Å². The molecule has 13 heteroatoms. The van der Waals surface area contributed by atoms with Gasteiger partial charge in [0.2, 0.25) is 5.95 Å². The van der Waals surface area contributed by atoms with Crippen LogP contribution in [0, 0.1) is 0 Å². The summed E-state index contributed by atoms with van der Waals surface area (Å²) in [6, 6.07) is 13.9. The van der Waals surface area contributed by atoms with Gasteiger partial charge in [0.05, 0.1) is 38.4 Å². The molecule has 0 radical (unpaired) electrons. The summed E-state index contributed by atoms with van der Waals surface area (Å²) in [6.45, 7) is 1.83. The number of amides is 1. The van der Waals surface area contributed by atoms with Crippen molar-refractivity contribution < 1.29 is 22.7 Å². The minimum Gasteiger partial charge on any atom is -0.462 e. The van der Waals surface area contributed by atoms with Crippen molar-refractivity contribution in [3.63, 3.8) is 0 Å². The minimum absolute atomic E-state index is 0.0509. The number of anilines is 2. The molecule has 1 amide bonds. The van der Waals surface area contributed by atoms with Crippen LogP contribution in [-0.2, 0) is 14.8 Å². The van der Waals surface area contributed by atoms with E-state index in [0.29, 0.717) is 22.0 Å². The zero-order valence-electron chi connectivity index (χ0n) is 19.7. The molecular formula is C25H19Cl2N5O5S. The Morgan fingerprint density at radius 3 is 2.37 bits per heavy atom. The van der Waals surface area contributed by atoms with E-state index in [0.717, 1.165) is 18.5 Å². The normalized spacial score (nSPS) is 11.0. The second-order valence-corrected chi connectivity index (χ2v) is 10.1. The van der Waals surface area contributed by atoms with Gasteiger partial charge in [-0.2, -0.15) is 0 Å². The van der Waals surface area contributed by atoms with Gasteiger partial charge in [0, 0.05) is 29.8 Å². The van der Waals surface area contributed by atoms with Gasteiger partial charge in [-0.25, -0.2) is 27.9 Å². The number of benzene rings is 2. The number of hydrogen-bond donors (Lipinski definition) is 2. The molecule has 0 aliphatic rings. The largest absolute Gasteiger partial charge is 0.462 e. The van der Waals surface area contributed by atoms with Crippen molar-refractivity contribution in [1.29, 1.82) is 0 Å². The maximum atomic E-state index is 12.9. The van der Waals surface area contributed by atoms with E-state index in [4.69, 9.17) is 27.9 Å². The van der Waals surface area contributed by atoms with Gasteiger partial charge >= 0.3 is 5.97 Å². The molecule has 2 N–H and O–H groups in total. The van der Waals surface area contributed by atoms with E-state index in [2.05, 4.69) is 25.0 Å². The number of ether oxygens (including phenoxy) is 1. The first kappa shape index (κ1) is 27.0. The lowest BCUT2D eigenvalue weighted by atomic mass is 10.1. The van der Waals surface area contributed by atoms with Crippen LogP contribution in [0.15, 0.2) is 78.1 Å². The summed E-state index contributed by atoms with van der Waals surface area (Å²) in [5, 5.41) is 3.09. The number of nitrogens with one attached hydrogen (secondary N) is 2. The smallest absolute Gasteiger partial charge is 0.341 e. The van der Waals surface area contributed by atoms with E-state index < -0.39 is 21.9 Å². The number of pyridine rings is 1. The second kappa shape index (κ2) is 11.5. The highest BCUT2D eigenvalue weighted by Gasteiger charge is 2.20. The number of rotatable bonds is 8. The van der Waals surface area contributed by atoms with Gasteiger partial charge in [-0.05, 0) is 55.5 Å². The lowest BCUT2D eigenvalue weighted by molar-refractivity contribution is 0.0525. The Labute approximate surface area is 228 Å². The van der Waals surface area contributed by atoms with E-state index in [-0.39, 0.29) is 33.6 Å². The first-order valence-corrected chi connectivity index (χ1v) is 13.3. The van der Waals surface area contributed by atoms with Crippen LogP contribution in [0.3, 0.4) is 0 Å². The first-order valence-electron chi connectivity index (χ1n) is 11.0. The molecule has 0 atom stereocenters. The van der Waals surface area contributed by atoms with Crippen LogP contribution in [0.5, 0.6) is 0 Å². The van der Waals surface area contributed by atoms with E-state index in [1.54, 1.807) is 43.5 Å². The fourth-order valence-electron chi connectivity index (χ4n) is 3.25. The van der Waals surface area contributed by atoms with E-state index >= 15 is 0 Å². The maximum Gasteiger partial charge on any atom is 0.341 e.